The number of rotatable bonds is 6. The van der Waals surface area contributed by atoms with Crippen molar-refractivity contribution in [1.82, 2.24) is 14.5 Å². The van der Waals surface area contributed by atoms with Crippen molar-refractivity contribution in [2.24, 2.45) is 0 Å². The summed E-state index contributed by atoms with van der Waals surface area (Å²) in [6.45, 7) is 5.44. The average Bonchev–Trinajstić information content (AvgIpc) is 3.18. The van der Waals surface area contributed by atoms with Gasteiger partial charge in [0, 0.05) is 12.7 Å². The molecule has 0 spiro atoms. The Bertz CT molecular complexity index is 1050. The van der Waals surface area contributed by atoms with E-state index < -0.39 is 54.5 Å². The molecule has 13 heteroatoms. The van der Waals surface area contributed by atoms with Gasteiger partial charge in [0.05, 0.1) is 18.7 Å². The topological polar surface area (TPSA) is 106 Å². The summed E-state index contributed by atoms with van der Waals surface area (Å²) >= 11 is 5.24. The lowest BCUT2D eigenvalue weighted by molar-refractivity contribution is -0.200. The number of aromatic amines is 1. The normalized spacial score (nSPS) is 26.2. The molecule has 1 aromatic rings. The second-order valence-corrected chi connectivity index (χ2v) is 8.98. The first-order valence-electron chi connectivity index (χ1n) is 10.2. The van der Waals surface area contributed by atoms with E-state index in [0.717, 1.165) is 0 Å². The van der Waals surface area contributed by atoms with Crippen molar-refractivity contribution in [3.8, 4) is 0 Å². The summed E-state index contributed by atoms with van der Waals surface area (Å²) in [6, 6.07) is 0. The van der Waals surface area contributed by atoms with Gasteiger partial charge in [0.15, 0.2) is 16.8 Å². The van der Waals surface area contributed by atoms with Crippen LogP contribution < -0.4 is 5.56 Å². The minimum atomic E-state index is -5.10. The second-order valence-electron chi connectivity index (χ2n) is 8.60. The van der Waals surface area contributed by atoms with Gasteiger partial charge in [-0.15, -0.1) is 0 Å². The number of halogens is 3. The largest absolute Gasteiger partial charge is 0.471 e. The minimum absolute atomic E-state index is 0.0580. The first-order chi connectivity index (χ1) is 15.2. The molecule has 2 unspecified atom stereocenters. The zero-order chi connectivity index (χ0) is 24.7. The first-order valence-corrected chi connectivity index (χ1v) is 10.6. The fourth-order valence-corrected chi connectivity index (χ4v) is 4.00. The Kier molecular flexibility index (Phi) is 7.20. The summed E-state index contributed by atoms with van der Waals surface area (Å²) in [5.41, 5.74) is -0.152. The van der Waals surface area contributed by atoms with E-state index in [9.17, 15) is 27.9 Å². The number of amides is 1. The number of nitrogens with one attached hydrogen (secondary N) is 1. The SMILES string of the molecule is CC(C)=CCN(Cc1cn([C@@H]2O[C@H](CO)C3OC(C)(C)OC32)c(=S)[nH]c1=O)C(=O)C(F)(F)F. The molecular formula is C20H26F3N3O6S. The van der Waals surface area contributed by atoms with Crippen LogP contribution >= 0.6 is 12.2 Å². The maximum Gasteiger partial charge on any atom is 0.471 e. The molecule has 2 fully saturated rings. The fourth-order valence-electron chi connectivity index (χ4n) is 3.76. The molecule has 4 atom stereocenters. The van der Waals surface area contributed by atoms with Gasteiger partial charge in [-0.25, -0.2) is 0 Å². The number of ether oxygens (including phenoxy) is 3. The fraction of sp³-hybridized carbons (Fsp3) is 0.650. The lowest BCUT2D eigenvalue weighted by atomic mass is 10.1. The number of aromatic nitrogens is 2. The van der Waals surface area contributed by atoms with Crippen LogP contribution in [0.1, 0.15) is 39.5 Å². The molecule has 2 saturated heterocycles. The summed E-state index contributed by atoms with van der Waals surface area (Å²) in [5.74, 6) is -3.03. The van der Waals surface area contributed by atoms with E-state index in [1.54, 1.807) is 27.7 Å². The van der Waals surface area contributed by atoms with E-state index in [4.69, 9.17) is 26.4 Å². The number of hydrogen-bond donors (Lipinski definition) is 2. The van der Waals surface area contributed by atoms with Gasteiger partial charge in [0.1, 0.15) is 18.3 Å². The third-order valence-electron chi connectivity index (χ3n) is 5.23. The smallest absolute Gasteiger partial charge is 0.394 e. The summed E-state index contributed by atoms with van der Waals surface area (Å²) in [5, 5.41) is 9.67. The van der Waals surface area contributed by atoms with E-state index in [-0.39, 0.29) is 23.5 Å². The molecular weight excluding hydrogens is 467 g/mol. The highest BCUT2D eigenvalue weighted by Crippen LogP contribution is 2.42. The average molecular weight is 494 g/mol. The predicted molar refractivity (Wildman–Crippen MR) is 112 cm³/mol. The molecule has 2 N–H and O–H groups in total. The Balaban J connectivity index is 1.97. The number of carbonyl (C=O) groups is 1. The number of aliphatic hydroxyl groups is 1. The summed E-state index contributed by atoms with van der Waals surface area (Å²) in [6.07, 6.45) is -5.37. The lowest BCUT2D eigenvalue weighted by Gasteiger charge is -2.26. The molecule has 3 rings (SSSR count). The van der Waals surface area contributed by atoms with Crippen molar-refractivity contribution in [2.45, 2.75) is 70.7 Å². The van der Waals surface area contributed by atoms with Gasteiger partial charge in [0.2, 0.25) is 0 Å². The van der Waals surface area contributed by atoms with Gasteiger partial charge in [-0.2, -0.15) is 13.2 Å². The maximum absolute atomic E-state index is 13.1. The molecule has 0 aromatic carbocycles. The van der Waals surface area contributed by atoms with Crippen LogP contribution in [0.25, 0.3) is 0 Å². The molecule has 0 radical (unpaired) electrons. The van der Waals surface area contributed by atoms with E-state index in [2.05, 4.69) is 4.98 Å². The van der Waals surface area contributed by atoms with Crippen molar-refractivity contribution in [3.63, 3.8) is 0 Å². The zero-order valence-electron chi connectivity index (χ0n) is 18.5. The molecule has 1 aromatic heterocycles. The quantitative estimate of drug-likeness (QED) is 0.462. The van der Waals surface area contributed by atoms with Gasteiger partial charge < -0.3 is 24.2 Å². The Morgan fingerprint density at radius 3 is 2.55 bits per heavy atom. The molecule has 33 heavy (non-hydrogen) atoms. The molecule has 9 nitrogen and oxygen atoms in total. The van der Waals surface area contributed by atoms with Crippen molar-refractivity contribution in [2.75, 3.05) is 13.2 Å². The van der Waals surface area contributed by atoms with Crippen LogP contribution in [-0.2, 0) is 25.5 Å². The van der Waals surface area contributed by atoms with Crippen LogP contribution in [0, 0.1) is 4.77 Å². The van der Waals surface area contributed by atoms with Crippen molar-refractivity contribution in [3.05, 3.63) is 38.5 Å². The molecule has 3 heterocycles. The van der Waals surface area contributed by atoms with Crippen LogP contribution in [0.3, 0.4) is 0 Å². The van der Waals surface area contributed by atoms with Crippen LogP contribution in [0.4, 0.5) is 13.2 Å². The molecule has 2 aliphatic heterocycles. The van der Waals surface area contributed by atoms with Crippen molar-refractivity contribution >= 4 is 18.1 Å². The zero-order valence-corrected chi connectivity index (χ0v) is 19.3. The Labute approximate surface area is 192 Å². The van der Waals surface area contributed by atoms with Crippen LogP contribution in [0.5, 0.6) is 0 Å². The molecule has 2 aliphatic rings. The first kappa shape index (κ1) is 25.6. The van der Waals surface area contributed by atoms with Gasteiger partial charge in [-0.05, 0) is 39.9 Å². The highest BCUT2D eigenvalue weighted by molar-refractivity contribution is 7.71. The van der Waals surface area contributed by atoms with Crippen LogP contribution in [0.15, 0.2) is 22.6 Å². The van der Waals surface area contributed by atoms with Gasteiger partial charge in [-0.1, -0.05) is 11.6 Å². The van der Waals surface area contributed by atoms with E-state index in [1.165, 1.54) is 16.8 Å². The maximum atomic E-state index is 13.1. The predicted octanol–water partition coefficient (Wildman–Crippen LogP) is 2.17. The van der Waals surface area contributed by atoms with E-state index >= 15 is 0 Å². The summed E-state index contributed by atoms with van der Waals surface area (Å²) in [7, 11) is 0. The summed E-state index contributed by atoms with van der Waals surface area (Å²) < 4.78 is 58.2. The monoisotopic (exact) mass is 493 g/mol. The number of H-pyrrole nitrogens is 1. The third-order valence-corrected chi connectivity index (χ3v) is 5.54. The van der Waals surface area contributed by atoms with E-state index in [1.807, 2.05) is 0 Å². The second kappa shape index (κ2) is 9.29. The number of aliphatic hydroxyl groups excluding tert-OH is 1. The van der Waals surface area contributed by atoms with Crippen molar-refractivity contribution < 1.29 is 37.3 Å². The van der Waals surface area contributed by atoms with Crippen LogP contribution in [0.2, 0.25) is 0 Å². The molecule has 0 bridgehead atoms. The highest BCUT2D eigenvalue weighted by Gasteiger charge is 2.55. The molecule has 0 saturated carbocycles. The Morgan fingerprint density at radius 1 is 1.33 bits per heavy atom. The number of allylic oxidation sites excluding steroid dienone is 1. The lowest BCUT2D eigenvalue weighted by Crippen LogP contribution is -2.42. The number of nitrogens with zero attached hydrogens (tertiary/aromatic N) is 2. The van der Waals surface area contributed by atoms with Crippen molar-refractivity contribution in [1.29, 1.82) is 0 Å². The summed E-state index contributed by atoms with van der Waals surface area (Å²) in [4.78, 5) is 27.4. The van der Waals surface area contributed by atoms with Gasteiger partial charge >= 0.3 is 12.1 Å². The number of hydrogen-bond acceptors (Lipinski definition) is 7. The number of alkyl halides is 3. The minimum Gasteiger partial charge on any atom is -0.394 e. The standard InChI is InChI=1S/C20H26F3N3O6S/c1-10(2)5-6-25(17(29)20(21,22)23)7-11-8-26(18(33)24-15(11)28)16-14-13(12(9-27)30-16)31-19(3,4)32-14/h5,8,12-14,16,27H,6-7,9H2,1-4H3,(H,24,28,33)/t12-,13?,14?,16-/m1/s1. The van der Waals surface area contributed by atoms with Gasteiger partial charge in [0.25, 0.3) is 5.56 Å². The van der Waals surface area contributed by atoms with E-state index in [0.29, 0.717) is 10.5 Å². The van der Waals surface area contributed by atoms with Gasteiger partial charge in [-0.3, -0.25) is 19.1 Å². The molecule has 1 amide bonds. The van der Waals surface area contributed by atoms with Crippen LogP contribution in [-0.4, -0.2) is 68.9 Å². The third kappa shape index (κ3) is 5.54. The Morgan fingerprint density at radius 2 is 1.97 bits per heavy atom. The Hall–Kier alpha value is -2.06. The number of fused-ring (bicyclic) bond motifs is 1. The molecule has 184 valence electrons. The molecule has 0 aliphatic carbocycles. The highest BCUT2D eigenvalue weighted by atomic mass is 32.1. The number of carbonyl (C=O) groups excluding carboxylic acids is 1.